The zero-order valence-corrected chi connectivity index (χ0v) is 16.5. The summed E-state index contributed by atoms with van der Waals surface area (Å²) in [5.74, 6) is -1.50. The van der Waals surface area contributed by atoms with Gasteiger partial charge in [0.05, 0.1) is 12.0 Å². The van der Waals surface area contributed by atoms with E-state index in [2.05, 4.69) is 11.9 Å². The number of rotatable bonds is 6. The first-order valence-electron chi connectivity index (χ1n) is 10.0. The number of hydrogen-bond donors (Lipinski definition) is 1. The Morgan fingerprint density at radius 3 is 2.70 bits per heavy atom. The van der Waals surface area contributed by atoms with Crippen molar-refractivity contribution >= 4 is 17.6 Å². The monoisotopic (exact) mass is 411 g/mol. The molecule has 2 aromatic carbocycles. The van der Waals surface area contributed by atoms with Gasteiger partial charge in [0.2, 0.25) is 5.91 Å². The van der Waals surface area contributed by atoms with Crippen LogP contribution in [-0.4, -0.2) is 18.5 Å². The average molecular weight is 411 g/mol. The van der Waals surface area contributed by atoms with Gasteiger partial charge >= 0.3 is 5.97 Å². The lowest BCUT2D eigenvalue weighted by Crippen LogP contribution is -2.31. The number of ether oxygens (including phenoxy) is 1. The third-order valence-electron chi connectivity index (χ3n) is 6.10. The first-order chi connectivity index (χ1) is 14.4. The van der Waals surface area contributed by atoms with E-state index in [0.717, 1.165) is 23.6 Å². The Bertz CT molecular complexity index is 1000. The van der Waals surface area contributed by atoms with Gasteiger partial charge < -0.3 is 10.1 Å². The average Bonchev–Trinajstić information content (AvgIpc) is 3.17. The van der Waals surface area contributed by atoms with Crippen LogP contribution in [0.25, 0.3) is 0 Å². The first kappa shape index (κ1) is 20.3. The van der Waals surface area contributed by atoms with E-state index in [1.54, 1.807) is 12.1 Å². The second-order valence-electron chi connectivity index (χ2n) is 8.24. The Morgan fingerprint density at radius 2 is 1.97 bits per heavy atom. The summed E-state index contributed by atoms with van der Waals surface area (Å²) in [6.45, 7) is 4.52. The summed E-state index contributed by atoms with van der Waals surface area (Å²) in [6.07, 6.45) is 2.35. The molecule has 1 aliphatic heterocycles. The fourth-order valence-electron chi connectivity index (χ4n) is 4.53. The maximum atomic E-state index is 13.7. The molecule has 0 bridgehead atoms. The minimum Gasteiger partial charge on any atom is -0.465 e. The number of cyclic esters (lactones) is 1. The number of aryl methyl sites for hydroxylation is 1. The molecule has 1 amide bonds. The van der Waals surface area contributed by atoms with E-state index >= 15 is 0 Å². The second-order valence-corrected chi connectivity index (χ2v) is 8.24. The van der Waals surface area contributed by atoms with Gasteiger partial charge in [0.15, 0.2) is 0 Å². The summed E-state index contributed by atoms with van der Waals surface area (Å²) >= 11 is 0. The van der Waals surface area contributed by atoms with Crippen molar-refractivity contribution < 1.29 is 23.1 Å². The number of amides is 1. The van der Waals surface area contributed by atoms with Gasteiger partial charge in [0.1, 0.15) is 11.6 Å². The third-order valence-corrected chi connectivity index (χ3v) is 6.10. The molecule has 1 saturated heterocycles. The Morgan fingerprint density at radius 1 is 1.20 bits per heavy atom. The number of nitrogens with one attached hydrogen (secondary N) is 1. The van der Waals surface area contributed by atoms with Crippen LogP contribution in [0.5, 0.6) is 0 Å². The number of halogens is 2. The Hall–Kier alpha value is -3.02. The van der Waals surface area contributed by atoms with E-state index in [9.17, 15) is 18.4 Å². The van der Waals surface area contributed by atoms with Gasteiger partial charge in [-0.3, -0.25) is 9.59 Å². The van der Waals surface area contributed by atoms with Crippen LogP contribution in [0.4, 0.5) is 14.5 Å². The van der Waals surface area contributed by atoms with Crippen molar-refractivity contribution in [1.82, 2.24) is 0 Å². The molecular weight excluding hydrogens is 388 g/mol. The fraction of sp³-hybridized carbons (Fsp3) is 0.333. The second kappa shape index (κ2) is 8.01. The Balaban J connectivity index is 1.35. The van der Waals surface area contributed by atoms with Crippen molar-refractivity contribution in [2.24, 2.45) is 11.3 Å². The van der Waals surface area contributed by atoms with Crippen molar-refractivity contribution in [3.63, 3.8) is 0 Å². The summed E-state index contributed by atoms with van der Waals surface area (Å²) in [7, 11) is 0. The van der Waals surface area contributed by atoms with E-state index in [-0.39, 0.29) is 30.6 Å². The molecular formula is C24H23F2NO3. The predicted octanol–water partition coefficient (Wildman–Crippen LogP) is 4.59. The number of carbonyl (C=O) groups excluding carboxylic acids is 2. The highest BCUT2D eigenvalue weighted by atomic mass is 19.1. The summed E-state index contributed by atoms with van der Waals surface area (Å²) in [5, 5.41) is 2.78. The maximum absolute atomic E-state index is 13.7. The number of fused-ring (bicyclic) bond motifs is 1. The molecule has 0 radical (unpaired) electrons. The number of carbonyl (C=O) groups is 2. The molecule has 1 heterocycles. The van der Waals surface area contributed by atoms with E-state index in [4.69, 9.17) is 4.74 Å². The normalized spacial score (nSPS) is 22.7. The van der Waals surface area contributed by atoms with Crippen molar-refractivity contribution in [2.45, 2.75) is 32.1 Å². The molecule has 6 heteroatoms. The van der Waals surface area contributed by atoms with Crippen molar-refractivity contribution in [3.8, 4) is 0 Å². The highest BCUT2D eigenvalue weighted by molar-refractivity contribution is 5.90. The van der Waals surface area contributed by atoms with E-state index in [1.807, 2.05) is 12.1 Å². The molecule has 156 valence electrons. The van der Waals surface area contributed by atoms with Crippen LogP contribution in [-0.2, 0) is 27.2 Å². The molecule has 4 rings (SSSR count). The number of esters is 1. The third kappa shape index (κ3) is 3.99. The van der Waals surface area contributed by atoms with Crippen LogP contribution >= 0.6 is 0 Å². The maximum Gasteiger partial charge on any atom is 0.313 e. The van der Waals surface area contributed by atoms with Crippen LogP contribution in [0.15, 0.2) is 54.6 Å². The van der Waals surface area contributed by atoms with Gasteiger partial charge in [0, 0.05) is 24.1 Å². The zero-order chi connectivity index (χ0) is 21.3. The fourth-order valence-corrected chi connectivity index (χ4v) is 4.53. The Kier molecular flexibility index (Phi) is 5.41. The Labute approximate surface area is 173 Å². The van der Waals surface area contributed by atoms with Crippen LogP contribution in [0.2, 0.25) is 0 Å². The molecule has 1 N–H and O–H groups in total. The van der Waals surface area contributed by atoms with E-state index in [0.29, 0.717) is 30.7 Å². The molecule has 2 fully saturated rings. The largest absolute Gasteiger partial charge is 0.465 e. The van der Waals surface area contributed by atoms with Gasteiger partial charge in [-0.15, -0.1) is 0 Å². The topological polar surface area (TPSA) is 55.4 Å². The quantitative estimate of drug-likeness (QED) is 0.559. The standard InChI is InChI=1S/C24H23F2NO3/c1-15-10-18-14-30-23(29)24(18,12-15)13-16-2-7-20(8-3-16)27-22(28)9-5-17-4-6-19(25)11-21(17)26/h2-4,6-8,11,18H,1,5,9-10,12-14H2,(H,27,28). The molecule has 1 aliphatic carbocycles. The number of hydrogen-bond acceptors (Lipinski definition) is 3. The van der Waals surface area contributed by atoms with Crippen LogP contribution in [0.3, 0.4) is 0 Å². The van der Waals surface area contributed by atoms with Gasteiger partial charge in [0.25, 0.3) is 0 Å². The molecule has 30 heavy (non-hydrogen) atoms. The number of anilines is 1. The van der Waals surface area contributed by atoms with Gasteiger partial charge in [-0.05, 0) is 55.0 Å². The number of allylic oxidation sites excluding steroid dienone is 1. The summed E-state index contributed by atoms with van der Waals surface area (Å²) in [5.41, 5.74) is 2.51. The van der Waals surface area contributed by atoms with Crippen LogP contribution in [0.1, 0.15) is 30.4 Å². The van der Waals surface area contributed by atoms with E-state index in [1.165, 1.54) is 12.1 Å². The van der Waals surface area contributed by atoms with Gasteiger partial charge in [-0.25, -0.2) is 8.78 Å². The van der Waals surface area contributed by atoms with Crippen molar-refractivity contribution in [1.29, 1.82) is 0 Å². The molecule has 2 atom stereocenters. The molecule has 2 unspecified atom stereocenters. The highest BCUT2D eigenvalue weighted by Gasteiger charge is 2.55. The van der Waals surface area contributed by atoms with Crippen molar-refractivity contribution in [2.75, 3.05) is 11.9 Å². The summed E-state index contributed by atoms with van der Waals surface area (Å²) in [4.78, 5) is 24.6. The minimum absolute atomic E-state index is 0.0864. The molecule has 2 aliphatic rings. The molecule has 1 saturated carbocycles. The van der Waals surface area contributed by atoms with Gasteiger partial charge in [-0.1, -0.05) is 30.4 Å². The smallest absolute Gasteiger partial charge is 0.313 e. The van der Waals surface area contributed by atoms with Crippen LogP contribution < -0.4 is 5.32 Å². The van der Waals surface area contributed by atoms with Crippen molar-refractivity contribution in [3.05, 3.63) is 77.4 Å². The van der Waals surface area contributed by atoms with E-state index < -0.39 is 17.0 Å². The minimum atomic E-state index is -0.648. The summed E-state index contributed by atoms with van der Waals surface area (Å²) < 4.78 is 31.9. The lowest BCUT2D eigenvalue weighted by molar-refractivity contribution is -0.146. The predicted molar refractivity (Wildman–Crippen MR) is 109 cm³/mol. The molecule has 0 spiro atoms. The molecule has 4 nitrogen and oxygen atoms in total. The first-order valence-corrected chi connectivity index (χ1v) is 10.0. The zero-order valence-electron chi connectivity index (χ0n) is 16.5. The lowest BCUT2D eigenvalue weighted by atomic mass is 9.75. The van der Waals surface area contributed by atoms with Crippen LogP contribution in [0, 0.1) is 23.0 Å². The molecule has 0 aromatic heterocycles. The SMILES string of the molecule is C=C1CC2COC(=O)C2(Cc2ccc(NC(=O)CCc3ccc(F)cc3F)cc2)C1. The summed E-state index contributed by atoms with van der Waals surface area (Å²) in [6, 6.07) is 10.7. The molecule has 2 aromatic rings. The highest BCUT2D eigenvalue weighted by Crippen LogP contribution is 2.52. The lowest BCUT2D eigenvalue weighted by Gasteiger charge is -2.24. The van der Waals surface area contributed by atoms with Gasteiger partial charge in [-0.2, -0.15) is 0 Å². The number of benzene rings is 2.